The number of para-hydroxylation sites is 1. The Labute approximate surface area is 211 Å². The van der Waals surface area contributed by atoms with Crippen LogP contribution in [0.5, 0.6) is 5.75 Å². The highest BCUT2D eigenvalue weighted by atomic mass is 32.2. The van der Waals surface area contributed by atoms with Gasteiger partial charge in [-0.25, -0.2) is 13.8 Å². The summed E-state index contributed by atoms with van der Waals surface area (Å²) in [7, 11) is -0.366. The molecule has 9 heteroatoms. The first-order valence-electron chi connectivity index (χ1n) is 11.3. The van der Waals surface area contributed by atoms with E-state index in [0.717, 1.165) is 11.4 Å². The molecule has 36 heavy (non-hydrogen) atoms. The third kappa shape index (κ3) is 4.96. The monoisotopic (exact) mass is 504 g/mol. The lowest BCUT2D eigenvalue weighted by molar-refractivity contribution is 0.0955. The molecule has 0 aromatic heterocycles. The Hall–Kier alpha value is -4.11. The number of hydrogen-bond donors (Lipinski definition) is 2. The Kier molecular flexibility index (Phi) is 6.85. The average molecular weight is 505 g/mol. The molecular formula is C27H28N4O4S. The van der Waals surface area contributed by atoms with Gasteiger partial charge in [-0.1, -0.05) is 38.1 Å². The molecule has 1 aliphatic heterocycles. The van der Waals surface area contributed by atoms with Gasteiger partial charge in [-0.05, 0) is 60.2 Å². The van der Waals surface area contributed by atoms with Gasteiger partial charge in [0.15, 0.2) is 0 Å². The standard InChI is InChI=1S/C27H28N4O4S/c1-27(2)23-10-5-6-11-24(23)31(3)25(27)16-17-28-29-26(32)19-8-7-9-22(18-19)36(33,34)30-20-12-14-21(35-4)15-13-20/h5-18,30H,1-4H3,(H,29,32)/b25-16+,28-17+. The smallest absolute Gasteiger partial charge is 0.271 e. The highest BCUT2D eigenvalue weighted by molar-refractivity contribution is 7.92. The maximum atomic E-state index is 12.8. The van der Waals surface area contributed by atoms with Gasteiger partial charge in [0.2, 0.25) is 0 Å². The number of anilines is 2. The maximum absolute atomic E-state index is 12.8. The summed E-state index contributed by atoms with van der Waals surface area (Å²) in [5.74, 6) is 0.0916. The van der Waals surface area contributed by atoms with E-state index in [4.69, 9.17) is 4.74 Å². The summed E-state index contributed by atoms with van der Waals surface area (Å²) in [4.78, 5) is 14.7. The van der Waals surface area contributed by atoms with Gasteiger partial charge in [0, 0.05) is 41.3 Å². The van der Waals surface area contributed by atoms with E-state index in [0.29, 0.717) is 11.4 Å². The molecule has 1 heterocycles. The molecule has 3 aromatic carbocycles. The van der Waals surface area contributed by atoms with E-state index in [9.17, 15) is 13.2 Å². The summed E-state index contributed by atoms with van der Waals surface area (Å²) < 4.78 is 33.2. The van der Waals surface area contributed by atoms with E-state index in [1.165, 1.54) is 43.2 Å². The summed E-state index contributed by atoms with van der Waals surface area (Å²) in [6.45, 7) is 4.28. The molecule has 0 saturated heterocycles. The minimum atomic E-state index is -3.89. The van der Waals surface area contributed by atoms with Gasteiger partial charge in [-0.3, -0.25) is 9.52 Å². The first-order chi connectivity index (χ1) is 17.1. The Morgan fingerprint density at radius 3 is 2.44 bits per heavy atom. The molecule has 1 aliphatic rings. The van der Waals surface area contributed by atoms with Crippen LogP contribution in [0, 0.1) is 0 Å². The van der Waals surface area contributed by atoms with Gasteiger partial charge < -0.3 is 9.64 Å². The molecule has 0 aliphatic carbocycles. The Bertz CT molecular complexity index is 1440. The van der Waals surface area contributed by atoms with Crippen LogP contribution < -0.4 is 19.8 Å². The lowest BCUT2D eigenvalue weighted by Crippen LogP contribution is -2.23. The van der Waals surface area contributed by atoms with Gasteiger partial charge in [0.25, 0.3) is 15.9 Å². The fourth-order valence-electron chi connectivity index (χ4n) is 4.25. The number of nitrogens with one attached hydrogen (secondary N) is 2. The number of hydrazone groups is 1. The molecule has 186 valence electrons. The van der Waals surface area contributed by atoms with Crippen molar-refractivity contribution in [2.45, 2.75) is 24.2 Å². The number of benzene rings is 3. The summed E-state index contributed by atoms with van der Waals surface area (Å²) >= 11 is 0. The van der Waals surface area contributed by atoms with Gasteiger partial charge in [0.1, 0.15) is 5.75 Å². The summed E-state index contributed by atoms with van der Waals surface area (Å²) in [6, 6.07) is 20.5. The van der Waals surface area contributed by atoms with Gasteiger partial charge >= 0.3 is 0 Å². The lowest BCUT2D eigenvalue weighted by Gasteiger charge is -2.23. The highest BCUT2D eigenvalue weighted by Crippen LogP contribution is 2.46. The molecule has 0 bridgehead atoms. The van der Waals surface area contributed by atoms with Crippen LogP contribution in [0.2, 0.25) is 0 Å². The number of carbonyl (C=O) groups excluding carboxylic acids is 1. The fraction of sp³-hybridized carbons (Fsp3) is 0.185. The number of sulfonamides is 1. The molecule has 1 amide bonds. The second-order valence-corrected chi connectivity index (χ2v) is 10.5. The molecule has 4 rings (SSSR count). The minimum absolute atomic E-state index is 0.0378. The van der Waals surface area contributed by atoms with Crippen LogP contribution in [0.15, 0.2) is 94.6 Å². The van der Waals surface area contributed by atoms with Crippen molar-refractivity contribution < 1.29 is 17.9 Å². The van der Waals surface area contributed by atoms with Crippen molar-refractivity contribution in [1.82, 2.24) is 5.43 Å². The van der Waals surface area contributed by atoms with E-state index >= 15 is 0 Å². The molecule has 2 N–H and O–H groups in total. The first kappa shape index (κ1) is 25.0. The van der Waals surface area contributed by atoms with Crippen LogP contribution in [0.3, 0.4) is 0 Å². The largest absolute Gasteiger partial charge is 0.497 e. The van der Waals surface area contributed by atoms with Gasteiger partial charge in [-0.2, -0.15) is 5.10 Å². The zero-order chi connectivity index (χ0) is 25.9. The Morgan fingerprint density at radius 1 is 1.03 bits per heavy atom. The van der Waals surface area contributed by atoms with Crippen molar-refractivity contribution in [2.75, 3.05) is 23.8 Å². The number of nitrogens with zero attached hydrogens (tertiary/aromatic N) is 2. The van der Waals surface area contributed by atoms with Gasteiger partial charge in [-0.15, -0.1) is 0 Å². The number of fused-ring (bicyclic) bond motifs is 1. The molecule has 0 radical (unpaired) electrons. The van der Waals surface area contributed by atoms with Crippen LogP contribution in [0.4, 0.5) is 11.4 Å². The topological polar surface area (TPSA) is 100 Å². The van der Waals surface area contributed by atoms with E-state index in [1.54, 1.807) is 24.3 Å². The molecule has 0 fully saturated rings. The number of amides is 1. The average Bonchev–Trinajstić information content (AvgIpc) is 3.07. The van der Waals surface area contributed by atoms with E-state index in [2.05, 4.69) is 46.1 Å². The maximum Gasteiger partial charge on any atom is 0.271 e. The van der Waals surface area contributed by atoms with Crippen LogP contribution in [0.25, 0.3) is 0 Å². The predicted octanol–water partition coefficient (Wildman–Crippen LogP) is 4.52. The normalized spacial score (nSPS) is 15.7. The minimum Gasteiger partial charge on any atom is -0.497 e. The van der Waals surface area contributed by atoms with E-state index in [1.807, 2.05) is 25.3 Å². The molecule has 0 atom stereocenters. The first-order valence-corrected chi connectivity index (χ1v) is 12.8. The van der Waals surface area contributed by atoms with E-state index in [-0.39, 0.29) is 15.9 Å². The molecule has 0 spiro atoms. The number of hydrogen-bond acceptors (Lipinski definition) is 6. The number of methoxy groups -OCH3 is 1. The van der Waals surface area contributed by atoms with Crippen molar-refractivity contribution >= 4 is 33.5 Å². The molecule has 3 aromatic rings. The quantitative estimate of drug-likeness (QED) is 0.364. The van der Waals surface area contributed by atoms with Crippen molar-refractivity contribution in [3.8, 4) is 5.75 Å². The molecule has 8 nitrogen and oxygen atoms in total. The summed E-state index contributed by atoms with van der Waals surface area (Å²) in [5.41, 5.74) is 6.20. The zero-order valence-electron chi connectivity index (χ0n) is 20.5. The number of allylic oxidation sites excluding steroid dienone is 2. The lowest BCUT2D eigenvalue weighted by atomic mass is 9.84. The third-order valence-electron chi connectivity index (χ3n) is 6.16. The fourth-order valence-corrected chi connectivity index (χ4v) is 5.35. The van der Waals surface area contributed by atoms with Gasteiger partial charge in [0.05, 0.1) is 12.0 Å². The predicted molar refractivity (Wildman–Crippen MR) is 142 cm³/mol. The van der Waals surface area contributed by atoms with Crippen LogP contribution in [-0.2, 0) is 15.4 Å². The van der Waals surface area contributed by atoms with Crippen molar-refractivity contribution in [3.05, 3.63) is 95.7 Å². The summed E-state index contributed by atoms with van der Waals surface area (Å²) in [5, 5.41) is 4.05. The highest BCUT2D eigenvalue weighted by Gasteiger charge is 2.37. The number of rotatable bonds is 7. The zero-order valence-corrected chi connectivity index (χ0v) is 21.3. The van der Waals surface area contributed by atoms with Crippen LogP contribution >= 0.6 is 0 Å². The second kappa shape index (κ2) is 9.87. The number of carbonyl (C=O) groups is 1. The van der Waals surface area contributed by atoms with Crippen molar-refractivity contribution in [3.63, 3.8) is 0 Å². The number of likely N-dealkylation sites (N-methyl/N-ethyl adjacent to an activating group) is 1. The Morgan fingerprint density at radius 2 is 1.75 bits per heavy atom. The number of ether oxygens (including phenoxy) is 1. The SMILES string of the molecule is COc1ccc(NS(=O)(=O)c2cccc(C(=O)N/N=C/C=C3/N(C)c4ccccc4C3(C)C)c2)cc1. The second-order valence-electron chi connectivity index (χ2n) is 8.83. The molecule has 0 saturated carbocycles. The third-order valence-corrected chi connectivity index (χ3v) is 7.54. The van der Waals surface area contributed by atoms with Crippen molar-refractivity contribution in [2.24, 2.45) is 5.10 Å². The Balaban J connectivity index is 1.45. The molecule has 0 unspecified atom stereocenters. The van der Waals surface area contributed by atoms with E-state index < -0.39 is 15.9 Å². The van der Waals surface area contributed by atoms with Crippen LogP contribution in [0.1, 0.15) is 29.8 Å². The van der Waals surface area contributed by atoms with Crippen LogP contribution in [-0.4, -0.2) is 34.7 Å². The summed E-state index contributed by atoms with van der Waals surface area (Å²) in [6.07, 6.45) is 3.39. The molecular weight excluding hydrogens is 476 g/mol. The van der Waals surface area contributed by atoms with Crippen molar-refractivity contribution in [1.29, 1.82) is 0 Å².